The Hall–Kier alpha value is -1.43. The molecule has 1 saturated heterocycles. The molecule has 0 bridgehead atoms. The molecule has 1 aromatic rings. The van der Waals surface area contributed by atoms with Crippen molar-refractivity contribution < 1.29 is 4.79 Å². The van der Waals surface area contributed by atoms with Crippen LogP contribution in [-0.2, 0) is 4.79 Å². The second-order valence-corrected chi connectivity index (χ2v) is 5.30. The maximum atomic E-state index is 11.8. The number of hydrogen-bond acceptors (Lipinski definition) is 4. The number of benzene rings is 1. The van der Waals surface area contributed by atoms with E-state index in [1.807, 2.05) is 18.2 Å². The topological polar surface area (TPSA) is 47.9 Å². The van der Waals surface area contributed by atoms with Crippen LogP contribution in [0.1, 0.15) is 5.56 Å². The van der Waals surface area contributed by atoms with E-state index in [0.29, 0.717) is 11.6 Å². The zero-order valence-corrected chi connectivity index (χ0v) is 12.3. The predicted octanol–water partition coefficient (Wildman–Crippen LogP) is 1.04. The van der Waals surface area contributed by atoms with E-state index in [1.165, 1.54) is 0 Å². The highest BCUT2D eigenvalue weighted by atomic mass is 35.5. The summed E-state index contributed by atoms with van der Waals surface area (Å²) in [5, 5.41) is 4.55. The predicted molar refractivity (Wildman–Crippen MR) is 81.1 cm³/mol. The van der Waals surface area contributed by atoms with Gasteiger partial charge < -0.3 is 4.90 Å². The summed E-state index contributed by atoms with van der Waals surface area (Å²) < 4.78 is 0. The van der Waals surface area contributed by atoms with Gasteiger partial charge in [0.15, 0.2) is 0 Å². The molecule has 5 nitrogen and oxygen atoms in total. The molecule has 20 heavy (non-hydrogen) atoms. The van der Waals surface area contributed by atoms with Crippen LogP contribution >= 0.6 is 11.6 Å². The molecule has 0 aromatic heterocycles. The Bertz CT molecular complexity index is 484. The zero-order valence-electron chi connectivity index (χ0n) is 11.6. The van der Waals surface area contributed by atoms with Gasteiger partial charge in [0, 0.05) is 36.8 Å². The van der Waals surface area contributed by atoms with Gasteiger partial charge in [-0.1, -0.05) is 29.8 Å². The molecule has 1 amide bonds. The summed E-state index contributed by atoms with van der Waals surface area (Å²) in [6.45, 7) is 4.20. The number of carbonyl (C=O) groups excluding carboxylic acids is 1. The zero-order chi connectivity index (χ0) is 14.4. The molecule has 0 radical (unpaired) electrons. The van der Waals surface area contributed by atoms with Crippen molar-refractivity contribution in [1.29, 1.82) is 0 Å². The first kappa shape index (κ1) is 15.0. The Morgan fingerprint density at radius 2 is 2.05 bits per heavy atom. The third-order valence-corrected chi connectivity index (χ3v) is 3.61. The quantitative estimate of drug-likeness (QED) is 0.667. The van der Waals surface area contributed by atoms with Gasteiger partial charge >= 0.3 is 0 Å². The van der Waals surface area contributed by atoms with E-state index in [4.69, 9.17) is 11.6 Å². The van der Waals surface area contributed by atoms with Crippen molar-refractivity contribution in [2.24, 2.45) is 5.10 Å². The summed E-state index contributed by atoms with van der Waals surface area (Å²) in [5.74, 6) is -0.0992. The number of amides is 1. The van der Waals surface area contributed by atoms with Gasteiger partial charge in [-0.3, -0.25) is 9.69 Å². The van der Waals surface area contributed by atoms with Gasteiger partial charge in [-0.05, 0) is 13.1 Å². The normalized spacial score (nSPS) is 17.5. The first-order chi connectivity index (χ1) is 9.65. The molecular formula is C14H19ClN4O. The SMILES string of the molecule is CN1CCN(CC(=O)N/N=C/c2ccccc2Cl)CC1. The number of nitrogens with one attached hydrogen (secondary N) is 1. The molecular weight excluding hydrogens is 276 g/mol. The maximum absolute atomic E-state index is 11.8. The first-order valence-electron chi connectivity index (χ1n) is 6.62. The smallest absolute Gasteiger partial charge is 0.254 e. The van der Waals surface area contributed by atoms with E-state index in [2.05, 4.69) is 27.4 Å². The van der Waals surface area contributed by atoms with Gasteiger partial charge in [-0.15, -0.1) is 0 Å². The van der Waals surface area contributed by atoms with Crippen LogP contribution in [0, 0.1) is 0 Å². The molecule has 0 atom stereocenters. The highest BCUT2D eigenvalue weighted by Crippen LogP contribution is 2.11. The molecule has 1 N–H and O–H groups in total. The van der Waals surface area contributed by atoms with Crippen LogP contribution in [-0.4, -0.2) is 61.7 Å². The third kappa shape index (κ3) is 4.59. The fraction of sp³-hybridized carbons (Fsp3) is 0.429. The lowest BCUT2D eigenvalue weighted by Crippen LogP contribution is -2.47. The van der Waals surface area contributed by atoms with Gasteiger partial charge in [-0.2, -0.15) is 5.10 Å². The third-order valence-electron chi connectivity index (χ3n) is 3.26. The van der Waals surface area contributed by atoms with Crippen LogP contribution in [0.2, 0.25) is 5.02 Å². The monoisotopic (exact) mass is 294 g/mol. The number of carbonyl (C=O) groups is 1. The molecule has 1 aliphatic rings. The van der Waals surface area contributed by atoms with E-state index < -0.39 is 0 Å². The van der Waals surface area contributed by atoms with Gasteiger partial charge in [-0.25, -0.2) is 5.43 Å². The molecule has 6 heteroatoms. The Kier molecular flexibility index (Phi) is 5.52. The number of hydrazone groups is 1. The second kappa shape index (κ2) is 7.38. The van der Waals surface area contributed by atoms with E-state index in [1.54, 1.807) is 12.3 Å². The number of halogens is 1. The molecule has 108 valence electrons. The molecule has 0 unspecified atom stereocenters. The standard InChI is InChI=1S/C14H19ClN4O/c1-18-6-8-19(9-7-18)11-14(20)17-16-10-12-4-2-3-5-13(12)15/h2-5,10H,6-9,11H2,1H3,(H,17,20)/b16-10+. The van der Waals surface area contributed by atoms with Crippen LogP contribution in [0.3, 0.4) is 0 Å². The summed E-state index contributed by atoms with van der Waals surface area (Å²) in [6.07, 6.45) is 1.56. The summed E-state index contributed by atoms with van der Waals surface area (Å²) in [6, 6.07) is 7.36. The highest BCUT2D eigenvalue weighted by molar-refractivity contribution is 6.33. The van der Waals surface area contributed by atoms with Crippen molar-refractivity contribution in [3.63, 3.8) is 0 Å². The van der Waals surface area contributed by atoms with Gasteiger partial charge in [0.05, 0.1) is 12.8 Å². The van der Waals surface area contributed by atoms with Crippen LogP contribution in [0.25, 0.3) is 0 Å². The van der Waals surface area contributed by atoms with Crippen molar-refractivity contribution in [3.8, 4) is 0 Å². The van der Waals surface area contributed by atoms with Crippen molar-refractivity contribution in [2.45, 2.75) is 0 Å². The molecule has 0 saturated carbocycles. The Labute approximate surface area is 124 Å². The van der Waals surface area contributed by atoms with Gasteiger partial charge in [0.25, 0.3) is 5.91 Å². The van der Waals surface area contributed by atoms with Crippen molar-refractivity contribution in [1.82, 2.24) is 15.2 Å². The number of likely N-dealkylation sites (N-methyl/N-ethyl adjacent to an activating group) is 1. The number of piperazine rings is 1. The minimum atomic E-state index is -0.0992. The van der Waals surface area contributed by atoms with E-state index in [9.17, 15) is 4.79 Å². The van der Waals surface area contributed by atoms with Gasteiger partial charge in [0.2, 0.25) is 0 Å². The number of hydrogen-bond donors (Lipinski definition) is 1. The summed E-state index contributed by atoms with van der Waals surface area (Å²) >= 11 is 5.99. The summed E-state index contributed by atoms with van der Waals surface area (Å²) in [4.78, 5) is 16.1. The Morgan fingerprint density at radius 3 is 2.75 bits per heavy atom. The minimum Gasteiger partial charge on any atom is -0.304 e. The lowest BCUT2D eigenvalue weighted by molar-refractivity contribution is -0.122. The summed E-state index contributed by atoms with van der Waals surface area (Å²) in [7, 11) is 2.09. The van der Waals surface area contributed by atoms with Gasteiger partial charge in [0.1, 0.15) is 0 Å². The maximum Gasteiger partial charge on any atom is 0.254 e. The molecule has 2 rings (SSSR count). The molecule has 1 aromatic carbocycles. The van der Waals surface area contributed by atoms with Crippen LogP contribution in [0.5, 0.6) is 0 Å². The minimum absolute atomic E-state index is 0.0992. The second-order valence-electron chi connectivity index (χ2n) is 4.89. The lowest BCUT2D eigenvalue weighted by Gasteiger charge is -2.31. The molecule has 1 heterocycles. The van der Waals surface area contributed by atoms with Crippen LogP contribution in [0.4, 0.5) is 0 Å². The average molecular weight is 295 g/mol. The van der Waals surface area contributed by atoms with E-state index >= 15 is 0 Å². The molecule has 1 fully saturated rings. The molecule has 0 spiro atoms. The Morgan fingerprint density at radius 1 is 1.35 bits per heavy atom. The highest BCUT2D eigenvalue weighted by Gasteiger charge is 2.15. The average Bonchev–Trinajstić information content (AvgIpc) is 2.43. The lowest BCUT2D eigenvalue weighted by atomic mass is 10.2. The number of rotatable bonds is 4. The largest absolute Gasteiger partial charge is 0.304 e. The fourth-order valence-corrected chi connectivity index (χ4v) is 2.18. The number of nitrogens with zero attached hydrogens (tertiary/aromatic N) is 3. The Balaban J connectivity index is 1.76. The van der Waals surface area contributed by atoms with E-state index in [-0.39, 0.29) is 5.91 Å². The first-order valence-corrected chi connectivity index (χ1v) is 7.00. The summed E-state index contributed by atoms with van der Waals surface area (Å²) in [5.41, 5.74) is 3.32. The molecule has 0 aliphatic carbocycles. The van der Waals surface area contributed by atoms with Crippen molar-refractivity contribution >= 4 is 23.7 Å². The van der Waals surface area contributed by atoms with Crippen molar-refractivity contribution in [2.75, 3.05) is 39.8 Å². The van der Waals surface area contributed by atoms with Crippen LogP contribution in [0.15, 0.2) is 29.4 Å². The van der Waals surface area contributed by atoms with E-state index in [0.717, 1.165) is 31.7 Å². The van der Waals surface area contributed by atoms with Crippen LogP contribution < -0.4 is 5.43 Å². The fourth-order valence-electron chi connectivity index (χ4n) is 2.00. The van der Waals surface area contributed by atoms with Crippen molar-refractivity contribution in [3.05, 3.63) is 34.9 Å². The molecule has 1 aliphatic heterocycles.